The van der Waals surface area contributed by atoms with E-state index in [-0.39, 0.29) is 25.2 Å². The van der Waals surface area contributed by atoms with Crippen LogP contribution in [0.25, 0.3) is 0 Å². The number of benzene rings is 1. The first-order valence-corrected chi connectivity index (χ1v) is 8.53. The van der Waals surface area contributed by atoms with Crippen LogP contribution >= 0.6 is 0 Å². The second kappa shape index (κ2) is 9.27. The lowest BCUT2D eigenvalue weighted by Crippen LogP contribution is -2.57. The number of carboxylic acid groups (broad SMARTS) is 1. The molecule has 0 aromatic heterocycles. The van der Waals surface area contributed by atoms with E-state index < -0.39 is 11.5 Å². The summed E-state index contributed by atoms with van der Waals surface area (Å²) in [6, 6.07) is 7.28. The maximum Gasteiger partial charge on any atom is 0.329 e. The van der Waals surface area contributed by atoms with Crippen LogP contribution in [-0.2, 0) is 14.3 Å². The van der Waals surface area contributed by atoms with Crippen LogP contribution in [0.4, 0.5) is 0 Å². The summed E-state index contributed by atoms with van der Waals surface area (Å²) in [7, 11) is 0. The molecule has 2 rings (SSSR count). The number of nitrogens with one attached hydrogen (secondary N) is 1. The molecule has 7 nitrogen and oxygen atoms in total. The van der Waals surface area contributed by atoms with Gasteiger partial charge in [-0.1, -0.05) is 0 Å². The number of rotatable bonds is 9. The number of ether oxygens (including phenoxy) is 3. The highest BCUT2D eigenvalue weighted by Crippen LogP contribution is 2.21. The smallest absolute Gasteiger partial charge is 0.329 e. The van der Waals surface area contributed by atoms with E-state index >= 15 is 0 Å². The van der Waals surface area contributed by atoms with Gasteiger partial charge in [0.05, 0.1) is 13.2 Å². The van der Waals surface area contributed by atoms with Crippen molar-refractivity contribution in [2.24, 2.45) is 0 Å². The topological polar surface area (TPSA) is 94.1 Å². The average molecular weight is 351 g/mol. The van der Waals surface area contributed by atoms with Gasteiger partial charge in [-0.15, -0.1) is 0 Å². The van der Waals surface area contributed by atoms with Crippen molar-refractivity contribution in [3.63, 3.8) is 0 Å². The number of amides is 1. The van der Waals surface area contributed by atoms with E-state index in [1.54, 1.807) is 0 Å². The van der Waals surface area contributed by atoms with Crippen LogP contribution in [-0.4, -0.2) is 48.9 Å². The van der Waals surface area contributed by atoms with E-state index in [4.69, 9.17) is 14.2 Å². The zero-order valence-corrected chi connectivity index (χ0v) is 14.5. The SMILES string of the molecule is CCOc1ccc(OCCCC(=O)NC2(C(=O)O)CCOCC2)cc1. The van der Waals surface area contributed by atoms with E-state index in [1.165, 1.54) is 0 Å². The zero-order valence-electron chi connectivity index (χ0n) is 14.5. The number of hydrogen-bond donors (Lipinski definition) is 2. The minimum Gasteiger partial charge on any atom is -0.494 e. The lowest BCUT2D eigenvalue weighted by atomic mass is 9.90. The molecule has 0 bridgehead atoms. The summed E-state index contributed by atoms with van der Waals surface area (Å²) in [5.41, 5.74) is -1.20. The van der Waals surface area contributed by atoms with Gasteiger partial charge in [0.25, 0.3) is 0 Å². The number of carboxylic acids is 1. The van der Waals surface area contributed by atoms with Crippen molar-refractivity contribution in [2.45, 2.75) is 38.1 Å². The van der Waals surface area contributed by atoms with Crippen molar-refractivity contribution in [1.82, 2.24) is 5.32 Å². The van der Waals surface area contributed by atoms with Gasteiger partial charge in [-0.2, -0.15) is 0 Å². The Morgan fingerprint density at radius 2 is 1.76 bits per heavy atom. The maximum absolute atomic E-state index is 12.1. The highest BCUT2D eigenvalue weighted by molar-refractivity contribution is 5.87. The molecular weight excluding hydrogens is 326 g/mol. The Kier molecular flexibility index (Phi) is 7.06. The molecule has 1 aromatic rings. The Morgan fingerprint density at radius 1 is 1.16 bits per heavy atom. The molecule has 138 valence electrons. The van der Waals surface area contributed by atoms with Crippen LogP contribution in [0.2, 0.25) is 0 Å². The quantitative estimate of drug-likeness (QED) is 0.661. The van der Waals surface area contributed by atoms with E-state index in [2.05, 4.69) is 5.32 Å². The van der Waals surface area contributed by atoms with Crippen LogP contribution in [0.3, 0.4) is 0 Å². The Labute approximate surface area is 147 Å². The fraction of sp³-hybridized carbons (Fsp3) is 0.556. The van der Waals surface area contributed by atoms with Gasteiger partial charge in [-0.05, 0) is 37.6 Å². The lowest BCUT2D eigenvalue weighted by Gasteiger charge is -2.33. The predicted molar refractivity (Wildman–Crippen MR) is 90.9 cm³/mol. The molecule has 25 heavy (non-hydrogen) atoms. The van der Waals surface area contributed by atoms with E-state index in [0.717, 1.165) is 5.75 Å². The monoisotopic (exact) mass is 351 g/mol. The summed E-state index contributed by atoms with van der Waals surface area (Å²) >= 11 is 0. The highest BCUT2D eigenvalue weighted by atomic mass is 16.5. The van der Waals surface area contributed by atoms with Crippen molar-refractivity contribution >= 4 is 11.9 Å². The average Bonchev–Trinajstić information content (AvgIpc) is 2.61. The van der Waals surface area contributed by atoms with E-state index in [1.807, 2.05) is 31.2 Å². The van der Waals surface area contributed by atoms with Crippen LogP contribution in [0.15, 0.2) is 24.3 Å². The number of hydrogen-bond acceptors (Lipinski definition) is 5. The van der Waals surface area contributed by atoms with Crippen molar-refractivity contribution in [3.05, 3.63) is 24.3 Å². The Hall–Kier alpha value is -2.28. The molecule has 1 fully saturated rings. The van der Waals surface area contributed by atoms with E-state index in [0.29, 0.717) is 38.6 Å². The molecular formula is C18H25NO6. The van der Waals surface area contributed by atoms with Crippen molar-refractivity contribution in [1.29, 1.82) is 0 Å². The van der Waals surface area contributed by atoms with Gasteiger partial charge in [0, 0.05) is 32.5 Å². The summed E-state index contributed by atoms with van der Waals surface area (Å²) in [4.78, 5) is 23.6. The molecule has 1 aliphatic rings. The highest BCUT2D eigenvalue weighted by Gasteiger charge is 2.41. The minimum absolute atomic E-state index is 0.215. The molecule has 1 aliphatic heterocycles. The molecule has 1 amide bonds. The third kappa shape index (κ3) is 5.63. The van der Waals surface area contributed by atoms with Gasteiger partial charge in [0.2, 0.25) is 5.91 Å². The normalized spacial score (nSPS) is 16.0. The lowest BCUT2D eigenvalue weighted by molar-refractivity contribution is -0.152. The van der Waals surface area contributed by atoms with E-state index in [9.17, 15) is 14.7 Å². The Balaban J connectivity index is 1.71. The number of aliphatic carboxylic acids is 1. The molecule has 0 spiro atoms. The fourth-order valence-electron chi connectivity index (χ4n) is 2.66. The molecule has 0 radical (unpaired) electrons. The third-order valence-electron chi connectivity index (χ3n) is 4.09. The molecule has 7 heteroatoms. The molecule has 0 unspecified atom stereocenters. The van der Waals surface area contributed by atoms with Crippen LogP contribution in [0.5, 0.6) is 11.5 Å². The molecule has 1 saturated heterocycles. The first-order valence-electron chi connectivity index (χ1n) is 8.53. The van der Waals surface area contributed by atoms with Crippen LogP contribution in [0, 0.1) is 0 Å². The molecule has 0 atom stereocenters. The van der Waals surface area contributed by atoms with Gasteiger partial charge >= 0.3 is 5.97 Å². The maximum atomic E-state index is 12.1. The molecule has 2 N–H and O–H groups in total. The second-order valence-electron chi connectivity index (χ2n) is 5.90. The summed E-state index contributed by atoms with van der Waals surface area (Å²) in [6.07, 6.45) is 1.30. The minimum atomic E-state index is -1.20. The van der Waals surface area contributed by atoms with Gasteiger partial charge < -0.3 is 24.6 Å². The Bertz CT molecular complexity index is 565. The first kappa shape index (κ1) is 19.1. The van der Waals surface area contributed by atoms with Crippen LogP contribution < -0.4 is 14.8 Å². The van der Waals surface area contributed by atoms with Gasteiger partial charge in [0.15, 0.2) is 0 Å². The number of carbonyl (C=O) groups is 2. The zero-order chi connectivity index (χ0) is 18.1. The van der Waals surface area contributed by atoms with Gasteiger partial charge in [-0.25, -0.2) is 4.79 Å². The van der Waals surface area contributed by atoms with Crippen LogP contribution in [0.1, 0.15) is 32.6 Å². The molecule has 0 aliphatic carbocycles. The van der Waals surface area contributed by atoms with Crippen molar-refractivity contribution < 1.29 is 28.9 Å². The van der Waals surface area contributed by atoms with Gasteiger partial charge in [0.1, 0.15) is 17.0 Å². The molecule has 1 aromatic carbocycles. The van der Waals surface area contributed by atoms with Crippen molar-refractivity contribution in [3.8, 4) is 11.5 Å². The summed E-state index contributed by atoms with van der Waals surface area (Å²) < 4.78 is 16.1. The van der Waals surface area contributed by atoms with Crippen molar-refractivity contribution in [2.75, 3.05) is 26.4 Å². The molecule has 1 heterocycles. The summed E-state index contributed by atoms with van der Waals surface area (Å²) in [6.45, 7) is 3.59. The third-order valence-corrected chi connectivity index (χ3v) is 4.09. The predicted octanol–water partition coefficient (Wildman–Crippen LogP) is 1.99. The first-order chi connectivity index (χ1) is 12.1. The summed E-state index contributed by atoms with van der Waals surface area (Å²) in [5, 5.41) is 12.1. The second-order valence-corrected chi connectivity index (χ2v) is 5.90. The number of carbonyl (C=O) groups excluding carboxylic acids is 1. The van der Waals surface area contributed by atoms with Gasteiger partial charge in [-0.3, -0.25) is 4.79 Å². The largest absolute Gasteiger partial charge is 0.494 e. The summed E-state index contributed by atoms with van der Waals surface area (Å²) in [5.74, 6) is 0.203. The Morgan fingerprint density at radius 3 is 2.32 bits per heavy atom. The standard InChI is InChI=1S/C18H25NO6/c1-2-24-14-5-7-15(8-6-14)25-11-3-4-16(20)19-18(17(21)22)9-12-23-13-10-18/h5-8H,2-4,9-13H2,1H3,(H,19,20)(H,21,22). The molecule has 0 saturated carbocycles. The fourth-order valence-corrected chi connectivity index (χ4v) is 2.66.